The molecule has 646 valence electrons. The maximum atomic E-state index is 14.1. The van der Waals surface area contributed by atoms with Gasteiger partial charge in [-0.05, 0) is 142 Å². The zero-order valence-electron chi connectivity index (χ0n) is 67.2. The van der Waals surface area contributed by atoms with Crippen LogP contribution in [0.4, 0.5) is 0 Å². The Morgan fingerprint density at radius 1 is 0.397 bits per heavy atom. The summed E-state index contributed by atoms with van der Waals surface area (Å²) in [6.45, 7) is 15.4. The second-order valence-electron chi connectivity index (χ2n) is 29.1. The van der Waals surface area contributed by atoms with Gasteiger partial charge in [0.15, 0.2) is 0 Å². The number of fused-ring (bicyclic) bond motifs is 1. The fourth-order valence-corrected chi connectivity index (χ4v) is 11.2. The number of aromatic amines is 1. The number of nitrogens with one attached hydrogen (secondary N) is 18. The van der Waals surface area contributed by atoms with Crippen LogP contribution in [0.2, 0.25) is 0 Å². The molecule has 0 aliphatic heterocycles. The zero-order chi connectivity index (χ0) is 87.5. The van der Waals surface area contributed by atoms with Crippen molar-refractivity contribution in [2.24, 2.45) is 40.5 Å². The summed E-state index contributed by atoms with van der Waals surface area (Å²) in [5.74, 6) is -16.2. The largest absolute Gasteiger partial charge is 0.508 e. The summed E-state index contributed by atoms with van der Waals surface area (Å²) in [7, 11) is 0. The number of para-hydroxylation sites is 1. The lowest BCUT2D eigenvalue weighted by Crippen LogP contribution is -2.61. The number of aromatic nitrogens is 1. The van der Waals surface area contributed by atoms with Crippen LogP contribution in [-0.2, 0) is 89.6 Å². The summed E-state index contributed by atoms with van der Waals surface area (Å²) in [5.41, 5.74) is 29.7. The molecule has 15 amide bonds. The minimum atomic E-state index is -1.85. The molecule has 0 aliphatic rings. The van der Waals surface area contributed by atoms with Gasteiger partial charge in [-0.2, -0.15) is 0 Å². The highest BCUT2D eigenvalue weighted by atomic mass is 16.4. The normalized spacial score (nSPS) is 15.5. The molecule has 0 aliphatic carbocycles. The van der Waals surface area contributed by atoms with E-state index in [9.17, 15) is 97.1 Å². The van der Waals surface area contributed by atoms with Crippen molar-refractivity contribution in [1.82, 2.24) is 95.4 Å². The summed E-state index contributed by atoms with van der Waals surface area (Å²) in [5, 5.41) is 83.8. The van der Waals surface area contributed by atoms with E-state index < -0.39 is 223 Å². The molecule has 43 nitrogen and oxygen atoms in total. The quantitative estimate of drug-likeness (QED) is 0.0184. The number of carboxylic acid groups (broad SMARTS) is 1. The number of carbonyl (C=O) groups is 16. The number of aliphatic carboxylic acids is 1. The number of hydrogen-bond acceptors (Lipinski definition) is 26. The Labute approximate surface area is 671 Å². The van der Waals surface area contributed by atoms with Gasteiger partial charge in [0.1, 0.15) is 96.9 Å². The second-order valence-corrected chi connectivity index (χ2v) is 29.1. The SMILES string of the molecule is CC(C)C[C@H](NC(=O)[C@@H](NC(=O)CNC(=O)[C@H](Cc1ccc(O)cc1)NC(=O)[C@@H](NC(=O)CNC(=O)[C@@H](NC(=O)[C@H](CCCNC(N)N)NC(=O)[C@H](CCCNC(N)N)NC(=O)[C@H](C)N)[C@@H](C)O)[C@@H](C)O)C(C)C)C(=O)N[C@@H](C)C(=O)N[C@@H](C)C(=O)N[C@@H](Cc1c[nH]c2ccccc12)C(=O)N[C@@H](C)C(=O)N[C@@H](C)C(=O)N[C@@H](C)C(=O)O. The van der Waals surface area contributed by atoms with E-state index in [0.717, 1.165) is 13.8 Å². The number of phenols is 1. The van der Waals surface area contributed by atoms with E-state index in [1.54, 1.807) is 58.2 Å². The van der Waals surface area contributed by atoms with Crippen LogP contribution < -0.4 is 119 Å². The van der Waals surface area contributed by atoms with Crippen molar-refractivity contribution in [3.63, 3.8) is 0 Å². The van der Waals surface area contributed by atoms with Gasteiger partial charge in [-0.1, -0.05) is 58.0 Å². The second kappa shape index (κ2) is 49.0. The van der Waals surface area contributed by atoms with Crippen molar-refractivity contribution >= 4 is 105 Å². The first kappa shape index (κ1) is 99.1. The smallest absolute Gasteiger partial charge is 0.325 e. The molecule has 1 heterocycles. The topological polar surface area (TPSA) is 704 Å². The lowest BCUT2D eigenvalue weighted by molar-refractivity contribution is -0.141. The minimum absolute atomic E-state index is 0.00364. The number of aromatic hydroxyl groups is 1. The standard InChI is InChI=1S/C73H119N23O20/c1-33(2)27-50(66(110)86-37(7)60(104)85-39(9)62(106)91-52(29-44-30-81-47-18-14-13-17-46(44)47)67(111)87-38(8)59(103)84-36(6)61(105)88-40(10)71(115)116)92-69(113)55(34(3)4)94-53(100)31-82-63(107)51(28-43-21-23-45(99)24-22-43)93-70(114)57(42(12)98)95-54(101)32-83-68(112)56(41(11)97)96-65(109)49(20-16-26-80-73(77)78)90-64(108)48(89-58(102)35(5)74)19-15-25-79-72(75)76/h13-14,17-18,21-24,30,33-42,48-52,55-57,72-73,79-81,97-99H,15-16,19-20,25-29,31-32,74-78H2,1-12H3,(H,82,107)(H,83,112)(H,84,103)(H,85,104)(H,86,110)(H,87,111)(H,88,105)(H,89,102)(H,90,108)(H,91,106)(H,92,113)(H,93,114)(H,94,100)(H,95,101)(H,96,109)(H,115,116)/t35-,36-,37-,38-,39-,40-,41+,42+,48-,49-,50-,51-,52-,55-,56-,57-/m0/s1. The predicted molar refractivity (Wildman–Crippen MR) is 421 cm³/mol. The van der Waals surface area contributed by atoms with Gasteiger partial charge >= 0.3 is 5.97 Å². The summed E-state index contributed by atoms with van der Waals surface area (Å²) in [6.07, 6.45) is -3.64. The van der Waals surface area contributed by atoms with E-state index in [1.165, 1.54) is 65.8 Å². The fraction of sp³-hybridized carbons (Fsp3) is 0.589. The van der Waals surface area contributed by atoms with E-state index in [-0.39, 0.29) is 69.7 Å². The first-order valence-corrected chi connectivity index (χ1v) is 38.0. The summed E-state index contributed by atoms with van der Waals surface area (Å²) < 4.78 is 0. The first-order chi connectivity index (χ1) is 54.3. The number of benzene rings is 2. The number of carboxylic acids is 1. The molecule has 0 fully saturated rings. The number of amides is 15. The van der Waals surface area contributed by atoms with Crippen molar-refractivity contribution in [1.29, 1.82) is 0 Å². The number of rotatable bonds is 50. The molecule has 0 spiro atoms. The van der Waals surface area contributed by atoms with Gasteiger partial charge < -0.3 is 134 Å². The van der Waals surface area contributed by atoms with E-state index >= 15 is 0 Å². The van der Waals surface area contributed by atoms with E-state index in [0.29, 0.717) is 22.0 Å². The Hall–Kier alpha value is -11.1. The highest BCUT2D eigenvalue weighted by Gasteiger charge is 2.37. The van der Waals surface area contributed by atoms with Crippen molar-refractivity contribution in [2.45, 2.75) is 237 Å². The molecule has 32 N–H and O–H groups in total. The van der Waals surface area contributed by atoms with E-state index in [1.807, 2.05) is 0 Å². The van der Waals surface area contributed by atoms with Crippen LogP contribution in [0.1, 0.15) is 126 Å². The third kappa shape index (κ3) is 35.0. The average Bonchev–Trinajstić information content (AvgIpc) is 1.66. The summed E-state index contributed by atoms with van der Waals surface area (Å²) in [4.78, 5) is 219. The van der Waals surface area contributed by atoms with Crippen LogP contribution in [0.15, 0.2) is 54.7 Å². The molecule has 43 heteroatoms. The highest BCUT2D eigenvalue weighted by molar-refractivity contribution is 6.00. The van der Waals surface area contributed by atoms with Crippen LogP contribution in [-0.4, -0.2) is 256 Å². The Kier molecular flexibility index (Phi) is 41.9. The molecular weight excluding hydrogens is 1520 g/mol. The summed E-state index contributed by atoms with van der Waals surface area (Å²) >= 11 is 0. The van der Waals surface area contributed by atoms with Gasteiger partial charge in [0.05, 0.1) is 31.3 Å². The number of phenolic OH excluding ortho intramolecular Hbond substituents is 1. The van der Waals surface area contributed by atoms with Crippen LogP contribution in [0.25, 0.3) is 10.9 Å². The van der Waals surface area contributed by atoms with Crippen molar-refractivity contribution in [3.8, 4) is 5.75 Å². The van der Waals surface area contributed by atoms with E-state index in [2.05, 4.69) is 95.4 Å². The van der Waals surface area contributed by atoms with Crippen LogP contribution in [0.5, 0.6) is 5.75 Å². The number of aliphatic hydroxyl groups excluding tert-OH is 2. The third-order valence-corrected chi connectivity index (χ3v) is 17.9. The van der Waals surface area contributed by atoms with Crippen LogP contribution >= 0.6 is 0 Å². The molecular formula is C73H119N23O20. The van der Waals surface area contributed by atoms with Crippen molar-refractivity contribution in [2.75, 3.05) is 26.2 Å². The Morgan fingerprint density at radius 2 is 0.784 bits per heavy atom. The monoisotopic (exact) mass is 1640 g/mol. The van der Waals surface area contributed by atoms with Crippen LogP contribution in [0.3, 0.4) is 0 Å². The van der Waals surface area contributed by atoms with E-state index in [4.69, 9.17) is 28.7 Å². The van der Waals surface area contributed by atoms with Gasteiger partial charge in [0.2, 0.25) is 88.6 Å². The molecule has 2 aromatic carbocycles. The molecule has 3 aromatic rings. The Balaban J connectivity index is 1.73. The molecule has 16 atom stereocenters. The van der Waals surface area contributed by atoms with Crippen molar-refractivity contribution < 1.29 is 97.1 Å². The van der Waals surface area contributed by atoms with Gasteiger partial charge in [-0.15, -0.1) is 0 Å². The third-order valence-electron chi connectivity index (χ3n) is 17.9. The maximum absolute atomic E-state index is 14.1. The highest BCUT2D eigenvalue weighted by Crippen LogP contribution is 2.20. The molecule has 116 heavy (non-hydrogen) atoms. The number of nitrogens with two attached hydrogens (primary N) is 5. The minimum Gasteiger partial charge on any atom is -0.508 e. The lowest BCUT2D eigenvalue weighted by Gasteiger charge is -2.27. The fourth-order valence-electron chi connectivity index (χ4n) is 11.2. The molecule has 1 aromatic heterocycles. The van der Waals surface area contributed by atoms with Crippen molar-refractivity contribution in [3.05, 3.63) is 65.9 Å². The van der Waals surface area contributed by atoms with Gasteiger partial charge in [-0.3, -0.25) is 87.3 Å². The molecule has 0 unspecified atom stereocenters. The van der Waals surface area contributed by atoms with Crippen LogP contribution in [0, 0.1) is 11.8 Å². The molecule has 0 saturated heterocycles. The Morgan fingerprint density at radius 3 is 1.26 bits per heavy atom. The number of H-pyrrole nitrogens is 1. The number of carbonyl (C=O) groups excluding carboxylic acids is 15. The zero-order valence-corrected chi connectivity index (χ0v) is 67.2. The first-order valence-electron chi connectivity index (χ1n) is 38.0. The van der Waals surface area contributed by atoms with Gasteiger partial charge in [-0.25, -0.2) is 0 Å². The number of aliphatic hydroxyl groups is 2. The molecule has 0 radical (unpaired) electrons. The molecule has 0 bridgehead atoms. The van der Waals surface area contributed by atoms with Gasteiger partial charge in [0, 0.05) is 29.9 Å². The van der Waals surface area contributed by atoms with Gasteiger partial charge in [0.25, 0.3) is 0 Å². The maximum Gasteiger partial charge on any atom is 0.325 e. The molecule has 0 saturated carbocycles. The average molecular weight is 1640 g/mol. The number of hydrogen-bond donors (Lipinski definition) is 27. The lowest BCUT2D eigenvalue weighted by atomic mass is 9.99. The molecule has 3 rings (SSSR count). The predicted octanol–water partition coefficient (Wildman–Crippen LogP) is -8.67. The Bertz CT molecular complexity index is 3840. The summed E-state index contributed by atoms with van der Waals surface area (Å²) in [6, 6.07) is -7.00.